The van der Waals surface area contributed by atoms with Crippen LogP contribution in [0.25, 0.3) is 10.9 Å². The van der Waals surface area contributed by atoms with E-state index < -0.39 is 12.1 Å². The Balaban J connectivity index is 1.40. The molecule has 0 bridgehead atoms. The van der Waals surface area contributed by atoms with Crippen LogP contribution < -0.4 is 10.6 Å². The zero-order valence-electron chi connectivity index (χ0n) is 20.3. The third kappa shape index (κ3) is 4.09. The molecule has 2 aliphatic rings. The maximum atomic E-state index is 13.5. The van der Waals surface area contributed by atoms with Gasteiger partial charge in [-0.3, -0.25) is 14.4 Å². The maximum Gasteiger partial charge on any atom is 0.255 e. The highest BCUT2D eigenvalue weighted by molar-refractivity contribution is 6.04. The van der Waals surface area contributed by atoms with E-state index >= 15 is 0 Å². The van der Waals surface area contributed by atoms with Crippen molar-refractivity contribution in [3.63, 3.8) is 0 Å². The van der Waals surface area contributed by atoms with Crippen LogP contribution in [-0.2, 0) is 16.0 Å². The van der Waals surface area contributed by atoms with Crippen molar-refractivity contribution in [1.82, 2.24) is 20.5 Å². The molecule has 7 nitrogen and oxygen atoms in total. The molecule has 0 saturated carbocycles. The van der Waals surface area contributed by atoms with Crippen LogP contribution in [0.3, 0.4) is 0 Å². The minimum absolute atomic E-state index is 0.150. The van der Waals surface area contributed by atoms with E-state index in [1.165, 1.54) is 0 Å². The van der Waals surface area contributed by atoms with Gasteiger partial charge in [0, 0.05) is 35.1 Å². The standard InChI is InChI=1S/C28H32N4O3/c1-3-4-5-10-15-29-26(33)17(2)30-27(34)23-16-21-18-11-8-9-14-22(18)31-24(21)25-19-12-6-7-13-20(19)28(35)32(23)25/h6-9,11-14,17,23,25,31H,3-5,10,15-16H2,1-2H3,(H,29,33)(H,30,34)/t17-,23-,25+/m0/s1. The summed E-state index contributed by atoms with van der Waals surface area (Å²) < 4.78 is 0. The summed E-state index contributed by atoms with van der Waals surface area (Å²) in [5.74, 6) is -0.658. The number of carbonyl (C=O) groups excluding carboxylic acids is 3. The van der Waals surface area contributed by atoms with Crippen LogP contribution in [0.15, 0.2) is 48.5 Å². The first kappa shape index (κ1) is 23.1. The highest BCUT2D eigenvalue weighted by Crippen LogP contribution is 2.46. The number of carbonyl (C=O) groups is 3. The van der Waals surface area contributed by atoms with Gasteiger partial charge in [0.25, 0.3) is 5.91 Å². The average molecular weight is 473 g/mol. The van der Waals surface area contributed by atoms with Gasteiger partial charge in [-0.2, -0.15) is 0 Å². The number of hydrogen-bond acceptors (Lipinski definition) is 3. The smallest absolute Gasteiger partial charge is 0.255 e. The highest BCUT2D eigenvalue weighted by Gasteiger charge is 2.49. The number of hydrogen-bond donors (Lipinski definition) is 3. The molecule has 5 rings (SSSR count). The topological polar surface area (TPSA) is 94.3 Å². The summed E-state index contributed by atoms with van der Waals surface area (Å²) in [5.41, 5.74) is 4.54. The monoisotopic (exact) mass is 472 g/mol. The third-order valence-electron chi connectivity index (χ3n) is 7.24. The molecule has 0 fully saturated rings. The molecule has 3 atom stereocenters. The molecule has 2 aliphatic heterocycles. The summed E-state index contributed by atoms with van der Waals surface area (Å²) in [6.45, 7) is 4.44. The number of rotatable bonds is 8. The molecule has 182 valence electrons. The van der Waals surface area contributed by atoms with Crippen molar-refractivity contribution >= 4 is 28.6 Å². The summed E-state index contributed by atoms with van der Waals surface area (Å²) in [6.07, 6.45) is 4.68. The van der Waals surface area contributed by atoms with Crippen molar-refractivity contribution < 1.29 is 14.4 Å². The number of unbranched alkanes of at least 4 members (excludes halogenated alkanes) is 3. The fourth-order valence-corrected chi connectivity index (χ4v) is 5.43. The molecule has 2 aromatic carbocycles. The van der Waals surface area contributed by atoms with E-state index in [9.17, 15) is 14.4 Å². The van der Waals surface area contributed by atoms with Gasteiger partial charge < -0.3 is 20.5 Å². The first-order chi connectivity index (χ1) is 17.0. The molecule has 0 unspecified atom stereocenters. The Morgan fingerprint density at radius 2 is 1.86 bits per heavy atom. The van der Waals surface area contributed by atoms with Crippen molar-refractivity contribution in [3.8, 4) is 0 Å². The molecule has 0 saturated heterocycles. The number of fused-ring (bicyclic) bond motifs is 7. The van der Waals surface area contributed by atoms with Gasteiger partial charge in [-0.1, -0.05) is 62.6 Å². The Morgan fingerprint density at radius 1 is 1.09 bits per heavy atom. The summed E-state index contributed by atoms with van der Waals surface area (Å²) in [5, 5.41) is 6.86. The number of nitrogens with zero attached hydrogens (tertiary/aromatic N) is 1. The summed E-state index contributed by atoms with van der Waals surface area (Å²) >= 11 is 0. The predicted octanol–water partition coefficient (Wildman–Crippen LogP) is 3.84. The lowest BCUT2D eigenvalue weighted by molar-refractivity contribution is -0.131. The number of amides is 3. The molecule has 3 amide bonds. The lowest BCUT2D eigenvalue weighted by Gasteiger charge is -2.37. The first-order valence-corrected chi connectivity index (χ1v) is 12.6. The predicted molar refractivity (Wildman–Crippen MR) is 135 cm³/mol. The number of aromatic nitrogens is 1. The van der Waals surface area contributed by atoms with E-state index in [-0.39, 0.29) is 23.8 Å². The number of aromatic amines is 1. The van der Waals surface area contributed by atoms with Crippen LogP contribution in [0.5, 0.6) is 0 Å². The van der Waals surface area contributed by atoms with Crippen molar-refractivity contribution in [2.24, 2.45) is 0 Å². The van der Waals surface area contributed by atoms with E-state index in [0.717, 1.165) is 53.4 Å². The Labute approximate surface area is 205 Å². The zero-order valence-corrected chi connectivity index (χ0v) is 20.3. The van der Waals surface area contributed by atoms with Crippen LogP contribution in [0.2, 0.25) is 0 Å². The molecule has 3 heterocycles. The van der Waals surface area contributed by atoms with Gasteiger partial charge in [-0.05, 0) is 36.6 Å². The summed E-state index contributed by atoms with van der Waals surface area (Å²) in [4.78, 5) is 44.8. The number of benzene rings is 2. The number of para-hydroxylation sites is 1. The quantitative estimate of drug-likeness (QED) is 0.435. The van der Waals surface area contributed by atoms with Gasteiger partial charge >= 0.3 is 0 Å². The molecule has 3 aromatic rings. The van der Waals surface area contributed by atoms with Gasteiger partial charge in [-0.15, -0.1) is 0 Å². The van der Waals surface area contributed by atoms with E-state index in [1.54, 1.807) is 11.8 Å². The van der Waals surface area contributed by atoms with Crippen molar-refractivity contribution in [1.29, 1.82) is 0 Å². The van der Waals surface area contributed by atoms with Crippen molar-refractivity contribution in [2.75, 3.05) is 6.54 Å². The molecule has 3 N–H and O–H groups in total. The maximum absolute atomic E-state index is 13.5. The Hall–Kier alpha value is -3.61. The van der Waals surface area contributed by atoms with Crippen molar-refractivity contribution in [3.05, 3.63) is 70.9 Å². The van der Waals surface area contributed by atoms with Crippen LogP contribution in [0.4, 0.5) is 0 Å². The lowest BCUT2D eigenvalue weighted by atomic mass is 9.90. The number of nitrogens with one attached hydrogen (secondary N) is 3. The van der Waals surface area contributed by atoms with Crippen LogP contribution in [0, 0.1) is 0 Å². The molecular weight excluding hydrogens is 440 g/mol. The van der Waals surface area contributed by atoms with Gasteiger partial charge in [0.1, 0.15) is 12.1 Å². The first-order valence-electron chi connectivity index (χ1n) is 12.6. The van der Waals surface area contributed by atoms with Crippen LogP contribution in [-0.4, -0.2) is 46.2 Å². The summed E-state index contributed by atoms with van der Waals surface area (Å²) in [6, 6.07) is 13.8. The molecule has 1 aromatic heterocycles. The van der Waals surface area contributed by atoms with Crippen LogP contribution >= 0.6 is 0 Å². The third-order valence-corrected chi connectivity index (χ3v) is 7.24. The van der Waals surface area contributed by atoms with Gasteiger partial charge in [0.05, 0.1) is 6.04 Å². The van der Waals surface area contributed by atoms with Gasteiger partial charge in [0.15, 0.2) is 0 Å². The largest absolute Gasteiger partial charge is 0.356 e. The molecule has 7 heteroatoms. The minimum atomic E-state index is -0.702. The minimum Gasteiger partial charge on any atom is -0.356 e. The second kappa shape index (κ2) is 9.56. The normalized spacial score (nSPS) is 19.1. The molecular formula is C28H32N4O3. The van der Waals surface area contributed by atoms with Gasteiger partial charge in [-0.25, -0.2) is 0 Å². The van der Waals surface area contributed by atoms with E-state index in [1.807, 2.05) is 48.5 Å². The Morgan fingerprint density at radius 3 is 2.69 bits per heavy atom. The summed E-state index contributed by atoms with van der Waals surface area (Å²) in [7, 11) is 0. The second-order valence-corrected chi connectivity index (χ2v) is 9.57. The average Bonchev–Trinajstić information content (AvgIpc) is 3.39. The van der Waals surface area contributed by atoms with Crippen molar-refractivity contribution in [2.45, 2.75) is 64.1 Å². The fraction of sp³-hybridized carbons (Fsp3) is 0.393. The number of H-pyrrole nitrogens is 1. The van der Waals surface area contributed by atoms with Gasteiger partial charge in [0.2, 0.25) is 11.8 Å². The Kier molecular flexibility index (Phi) is 6.32. The molecule has 0 spiro atoms. The highest BCUT2D eigenvalue weighted by atomic mass is 16.2. The second-order valence-electron chi connectivity index (χ2n) is 9.57. The molecule has 0 aliphatic carbocycles. The van der Waals surface area contributed by atoms with E-state index in [4.69, 9.17) is 0 Å². The molecule has 0 radical (unpaired) electrons. The SMILES string of the molecule is CCCCCCNC(=O)[C@H](C)NC(=O)[C@@H]1Cc2c([nH]c3ccccc23)[C@H]2c3ccccc3C(=O)N21. The molecule has 35 heavy (non-hydrogen) atoms. The van der Waals surface area contributed by atoms with Crippen LogP contribution in [0.1, 0.15) is 72.8 Å². The lowest BCUT2D eigenvalue weighted by Crippen LogP contribution is -2.56. The zero-order chi connectivity index (χ0) is 24.5. The fourth-order valence-electron chi connectivity index (χ4n) is 5.43. The van der Waals surface area contributed by atoms with E-state index in [2.05, 4.69) is 22.5 Å². The van der Waals surface area contributed by atoms with E-state index in [0.29, 0.717) is 18.5 Å². The Bertz CT molecular complexity index is 1280.